The van der Waals surface area contributed by atoms with E-state index in [9.17, 15) is 0 Å². The minimum atomic E-state index is -0.0511. The summed E-state index contributed by atoms with van der Waals surface area (Å²) in [6.45, 7) is 5.08. The molecule has 2 aliphatic heterocycles. The van der Waals surface area contributed by atoms with Gasteiger partial charge in [-0.1, -0.05) is 42.5 Å². The Morgan fingerprint density at radius 3 is 2.94 bits per heavy atom. The summed E-state index contributed by atoms with van der Waals surface area (Å²) in [6.07, 6.45) is 13.7. The Balaban J connectivity index is 1.29. The van der Waals surface area contributed by atoms with Crippen LogP contribution >= 0.6 is 11.3 Å². The lowest BCUT2D eigenvalue weighted by atomic mass is 9.90. The molecule has 2 aromatic heterocycles. The molecule has 0 fully saturated rings. The number of aromatic nitrogens is 2. The highest BCUT2D eigenvalue weighted by molar-refractivity contribution is 7.17. The number of hydrogen-bond donors (Lipinski definition) is 3. The predicted octanol–water partition coefficient (Wildman–Crippen LogP) is 5.13. The fourth-order valence-electron chi connectivity index (χ4n) is 4.90. The van der Waals surface area contributed by atoms with Gasteiger partial charge in [0.25, 0.3) is 0 Å². The molecular weight excluding hydrogens is 428 g/mol. The maximum absolute atomic E-state index is 5.02. The van der Waals surface area contributed by atoms with Gasteiger partial charge in [0.15, 0.2) is 5.84 Å². The molecule has 3 atom stereocenters. The lowest BCUT2D eigenvalue weighted by Crippen LogP contribution is -2.40. The fourth-order valence-corrected chi connectivity index (χ4v) is 5.89. The number of nitrogens with one attached hydrogen (secondary N) is 3. The zero-order chi connectivity index (χ0) is 22.4. The van der Waals surface area contributed by atoms with Crippen molar-refractivity contribution in [2.75, 3.05) is 11.9 Å². The zero-order valence-electron chi connectivity index (χ0n) is 18.8. The van der Waals surface area contributed by atoms with Crippen molar-refractivity contribution >= 4 is 33.1 Å². The first-order chi connectivity index (χ1) is 16.2. The molecule has 3 aliphatic rings. The largest absolute Gasteiger partial charge is 0.384 e. The topological polar surface area (TPSA) is 66.3 Å². The maximum Gasteiger partial charge on any atom is 0.153 e. The third-order valence-electron chi connectivity index (χ3n) is 6.65. The van der Waals surface area contributed by atoms with Gasteiger partial charge in [-0.15, -0.1) is 11.3 Å². The van der Waals surface area contributed by atoms with Crippen LogP contribution in [0.1, 0.15) is 43.7 Å². The van der Waals surface area contributed by atoms with Gasteiger partial charge in [0, 0.05) is 28.8 Å². The molecule has 0 bridgehead atoms. The van der Waals surface area contributed by atoms with Crippen LogP contribution in [0.15, 0.2) is 77.0 Å². The first kappa shape index (κ1) is 20.3. The highest BCUT2D eigenvalue weighted by Gasteiger charge is 2.30. The second-order valence-electron chi connectivity index (χ2n) is 9.04. The van der Waals surface area contributed by atoms with Crippen LogP contribution in [-0.4, -0.2) is 28.0 Å². The van der Waals surface area contributed by atoms with Gasteiger partial charge in [-0.05, 0) is 48.9 Å². The molecule has 0 spiro atoms. The van der Waals surface area contributed by atoms with Gasteiger partial charge in [0.05, 0.1) is 12.4 Å². The number of rotatable bonds is 5. The Kier molecular flexibility index (Phi) is 5.06. The minimum absolute atomic E-state index is 0.0511. The van der Waals surface area contributed by atoms with Crippen LogP contribution in [-0.2, 0) is 0 Å². The lowest BCUT2D eigenvalue weighted by molar-refractivity contribution is 0.592. The van der Waals surface area contributed by atoms with Gasteiger partial charge >= 0.3 is 0 Å². The average Bonchev–Trinajstić information content (AvgIpc) is 3.55. The molecule has 3 unspecified atom stereocenters. The summed E-state index contributed by atoms with van der Waals surface area (Å²) in [7, 11) is 0. The molecule has 33 heavy (non-hydrogen) atoms. The molecule has 3 aromatic rings. The van der Waals surface area contributed by atoms with Crippen molar-refractivity contribution in [2.45, 2.75) is 38.5 Å². The van der Waals surface area contributed by atoms with Crippen molar-refractivity contribution in [3.63, 3.8) is 0 Å². The Bertz CT molecular complexity index is 1310. The number of hydrogen-bond acceptors (Lipinski definition) is 5. The summed E-state index contributed by atoms with van der Waals surface area (Å²) in [5.74, 6) is 2.34. The smallest absolute Gasteiger partial charge is 0.153 e. The van der Waals surface area contributed by atoms with E-state index in [1.54, 1.807) is 11.3 Å². The number of imidazole rings is 1. The van der Waals surface area contributed by atoms with Crippen LogP contribution < -0.4 is 16.0 Å². The van der Waals surface area contributed by atoms with E-state index >= 15 is 0 Å². The van der Waals surface area contributed by atoms with E-state index in [-0.39, 0.29) is 6.17 Å². The van der Waals surface area contributed by atoms with Crippen molar-refractivity contribution in [3.8, 4) is 0 Å². The summed E-state index contributed by atoms with van der Waals surface area (Å²) in [6, 6.07) is 9.27. The monoisotopic (exact) mass is 456 g/mol. The Labute approximate surface area is 197 Å². The van der Waals surface area contributed by atoms with Crippen molar-refractivity contribution in [3.05, 3.63) is 83.3 Å². The van der Waals surface area contributed by atoms with Crippen LogP contribution in [0.5, 0.6) is 0 Å². The molecule has 168 valence electrons. The first-order valence-corrected chi connectivity index (χ1v) is 12.5. The van der Waals surface area contributed by atoms with Gasteiger partial charge in [-0.3, -0.25) is 4.99 Å². The van der Waals surface area contributed by atoms with E-state index < -0.39 is 0 Å². The van der Waals surface area contributed by atoms with Crippen molar-refractivity contribution in [2.24, 2.45) is 10.9 Å². The van der Waals surface area contributed by atoms with Crippen LogP contribution in [0.25, 0.3) is 10.1 Å². The molecule has 3 N–H and O–H groups in total. The highest BCUT2D eigenvalue weighted by Crippen LogP contribution is 2.35. The molecule has 1 aromatic carbocycles. The number of aliphatic imine (C=N–C) groups is 1. The summed E-state index contributed by atoms with van der Waals surface area (Å²) in [4.78, 5) is 9.74. The van der Waals surface area contributed by atoms with Crippen LogP contribution in [0.3, 0.4) is 0 Å². The number of amidine groups is 1. The summed E-state index contributed by atoms with van der Waals surface area (Å²) < 4.78 is 3.49. The van der Waals surface area contributed by atoms with Crippen LogP contribution in [0, 0.1) is 5.92 Å². The van der Waals surface area contributed by atoms with Crippen molar-refractivity contribution < 1.29 is 0 Å². The summed E-state index contributed by atoms with van der Waals surface area (Å²) >= 11 is 1.78. The molecule has 0 amide bonds. The number of thiophene rings is 1. The normalized spacial score (nSPS) is 24.4. The highest BCUT2D eigenvalue weighted by atomic mass is 32.1. The zero-order valence-corrected chi connectivity index (χ0v) is 19.6. The Morgan fingerprint density at radius 1 is 1.15 bits per heavy atom. The van der Waals surface area contributed by atoms with E-state index in [2.05, 4.69) is 94.5 Å². The summed E-state index contributed by atoms with van der Waals surface area (Å²) in [5, 5.41) is 14.3. The number of benzene rings is 1. The van der Waals surface area contributed by atoms with E-state index in [1.165, 1.54) is 21.2 Å². The van der Waals surface area contributed by atoms with E-state index in [4.69, 9.17) is 9.98 Å². The van der Waals surface area contributed by atoms with Gasteiger partial charge in [-0.2, -0.15) is 0 Å². The quantitative estimate of drug-likeness (QED) is 0.498. The van der Waals surface area contributed by atoms with Gasteiger partial charge in [0.1, 0.15) is 17.7 Å². The fraction of sp³-hybridized carbons (Fsp3) is 0.308. The number of nitrogens with zero attached hydrogens (tertiary/aromatic N) is 3. The number of anilines is 1. The standard InChI is InChI=1S/C26H28N6S/c1-16(2)32-15-29-23-25(27-12-11-17-13-28-21-9-5-3-7-18(17)21)30-24(31-26(23)32)20-14-33-22-10-6-4-8-19(20)22/h3-10,13-16,18,21,24,28,31H,11-12H2,1-2H3,(H,27,30). The maximum atomic E-state index is 5.02. The van der Waals surface area contributed by atoms with Crippen molar-refractivity contribution in [1.29, 1.82) is 0 Å². The SMILES string of the molecule is CC(C)n1cnc2c1NC(c1csc3ccccc13)NC2=NCCC1=CNC2C=CC=CC12. The van der Waals surface area contributed by atoms with E-state index in [1.807, 2.05) is 6.33 Å². The van der Waals surface area contributed by atoms with Gasteiger partial charge in [0.2, 0.25) is 0 Å². The average molecular weight is 457 g/mol. The lowest BCUT2D eigenvalue weighted by Gasteiger charge is -2.29. The molecule has 6 rings (SSSR count). The Hall–Kier alpha value is -3.32. The minimum Gasteiger partial charge on any atom is -0.384 e. The van der Waals surface area contributed by atoms with Gasteiger partial charge in [-0.25, -0.2) is 4.98 Å². The second-order valence-corrected chi connectivity index (χ2v) is 9.95. The Morgan fingerprint density at radius 2 is 2.03 bits per heavy atom. The molecule has 0 saturated carbocycles. The first-order valence-electron chi connectivity index (χ1n) is 11.6. The molecule has 0 radical (unpaired) electrons. The number of fused-ring (bicyclic) bond motifs is 3. The molecule has 1 aliphatic carbocycles. The van der Waals surface area contributed by atoms with Gasteiger partial charge < -0.3 is 20.5 Å². The second kappa shape index (κ2) is 8.23. The molecule has 4 heterocycles. The molecule has 7 heteroatoms. The van der Waals surface area contributed by atoms with Crippen molar-refractivity contribution in [1.82, 2.24) is 20.2 Å². The van der Waals surface area contributed by atoms with E-state index in [0.29, 0.717) is 18.0 Å². The number of allylic oxidation sites excluding steroid dienone is 2. The third kappa shape index (κ3) is 3.56. The summed E-state index contributed by atoms with van der Waals surface area (Å²) in [5.41, 5.74) is 3.55. The molecular formula is C26H28N6S. The van der Waals surface area contributed by atoms with E-state index in [0.717, 1.165) is 30.3 Å². The van der Waals surface area contributed by atoms with Crippen LogP contribution in [0.2, 0.25) is 0 Å². The molecule has 0 saturated heterocycles. The van der Waals surface area contributed by atoms with Crippen LogP contribution in [0.4, 0.5) is 5.82 Å². The third-order valence-corrected chi connectivity index (χ3v) is 7.63. The predicted molar refractivity (Wildman–Crippen MR) is 137 cm³/mol. The molecule has 6 nitrogen and oxygen atoms in total.